The van der Waals surface area contributed by atoms with Gasteiger partial charge in [0.2, 0.25) is 0 Å². The van der Waals surface area contributed by atoms with Gasteiger partial charge in [0.05, 0.1) is 12.7 Å². The summed E-state index contributed by atoms with van der Waals surface area (Å²) in [6.07, 6.45) is 0. The molecule has 19 heavy (non-hydrogen) atoms. The summed E-state index contributed by atoms with van der Waals surface area (Å²) in [6, 6.07) is 11.7. The van der Waals surface area contributed by atoms with Crippen molar-refractivity contribution in [2.45, 2.75) is 0 Å². The molecule has 0 aliphatic heterocycles. The quantitative estimate of drug-likeness (QED) is 0.736. The fourth-order valence-corrected chi connectivity index (χ4v) is 2.00. The van der Waals surface area contributed by atoms with Crippen molar-refractivity contribution in [1.29, 1.82) is 0 Å². The summed E-state index contributed by atoms with van der Waals surface area (Å²) in [4.78, 5) is 0. The van der Waals surface area contributed by atoms with E-state index in [4.69, 9.17) is 9.15 Å². The predicted octanol–water partition coefficient (Wildman–Crippen LogP) is 3.52. The number of rotatable bonds is 2. The molecule has 0 aliphatic rings. The first-order chi connectivity index (χ1) is 9.17. The smallest absolute Gasteiger partial charge is 0.139 e. The molecule has 3 rings (SSSR count). The second kappa shape index (κ2) is 4.24. The summed E-state index contributed by atoms with van der Waals surface area (Å²) >= 11 is 0. The van der Waals surface area contributed by atoms with Crippen molar-refractivity contribution in [3.8, 4) is 28.6 Å². The van der Waals surface area contributed by atoms with Gasteiger partial charge in [-0.2, -0.15) is 0 Å². The van der Waals surface area contributed by atoms with Crippen molar-refractivity contribution in [1.82, 2.24) is 0 Å². The number of hydrogen-bond acceptors (Lipinski definition) is 4. The number of methoxy groups -OCH3 is 1. The molecule has 4 heteroatoms. The first kappa shape index (κ1) is 11.5. The third kappa shape index (κ3) is 1.97. The largest absolute Gasteiger partial charge is 0.508 e. The molecule has 1 aromatic heterocycles. The van der Waals surface area contributed by atoms with E-state index in [1.54, 1.807) is 19.2 Å². The zero-order valence-corrected chi connectivity index (χ0v) is 10.3. The number of benzene rings is 2. The van der Waals surface area contributed by atoms with Gasteiger partial charge in [-0.25, -0.2) is 0 Å². The lowest BCUT2D eigenvalue weighted by Crippen LogP contribution is -1.79. The van der Waals surface area contributed by atoms with Crippen molar-refractivity contribution >= 4 is 11.0 Å². The van der Waals surface area contributed by atoms with Crippen LogP contribution in [0.5, 0.6) is 17.2 Å². The van der Waals surface area contributed by atoms with Crippen molar-refractivity contribution in [2.75, 3.05) is 7.11 Å². The summed E-state index contributed by atoms with van der Waals surface area (Å²) in [5, 5.41) is 20.0. The Hall–Kier alpha value is -2.62. The molecule has 0 atom stereocenters. The lowest BCUT2D eigenvalue weighted by Gasteiger charge is -2.01. The van der Waals surface area contributed by atoms with Crippen LogP contribution in [0.1, 0.15) is 0 Å². The van der Waals surface area contributed by atoms with Gasteiger partial charge in [0.15, 0.2) is 0 Å². The molecule has 0 spiro atoms. The molecule has 1 heterocycles. The Bertz CT molecular complexity index is 743. The Morgan fingerprint density at radius 2 is 1.84 bits per heavy atom. The Kier molecular flexibility index (Phi) is 2.56. The van der Waals surface area contributed by atoms with Gasteiger partial charge in [-0.3, -0.25) is 0 Å². The topological polar surface area (TPSA) is 62.8 Å². The number of phenolic OH excluding ortho intramolecular Hbond substituents is 2. The minimum atomic E-state index is -0.0222. The standard InChI is InChI=1S/C15H12O4/c1-18-11-4-2-9-6-15(19-14(9)8-11)12-5-3-10(16)7-13(12)17/h2-8,16-17H,1H3. The van der Waals surface area contributed by atoms with Crippen molar-refractivity contribution in [3.63, 3.8) is 0 Å². The van der Waals surface area contributed by atoms with Crippen LogP contribution in [0.2, 0.25) is 0 Å². The predicted molar refractivity (Wildman–Crippen MR) is 71.5 cm³/mol. The van der Waals surface area contributed by atoms with Gasteiger partial charge in [-0.15, -0.1) is 0 Å². The normalized spacial score (nSPS) is 10.8. The average molecular weight is 256 g/mol. The highest BCUT2D eigenvalue weighted by Crippen LogP contribution is 2.36. The third-order valence-corrected chi connectivity index (χ3v) is 2.97. The van der Waals surface area contributed by atoms with E-state index in [1.807, 2.05) is 18.2 Å². The van der Waals surface area contributed by atoms with Gasteiger partial charge in [0.1, 0.15) is 28.6 Å². The number of aromatic hydroxyl groups is 2. The zero-order valence-electron chi connectivity index (χ0n) is 10.3. The minimum Gasteiger partial charge on any atom is -0.508 e. The number of hydrogen-bond donors (Lipinski definition) is 2. The lowest BCUT2D eigenvalue weighted by atomic mass is 10.1. The van der Waals surface area contributed by atoms with Crippen LogP contribution in [0.25, 0.3) is 22.3 Å². The van der Waals surface area contributed by atoms with Crippen LogP contribution in [-0.2, 0) is 0 Å². The fraction of sp³-hybridized carbons (Fsp3) is 0.0667. The monoisotopic (exact) mass is 256 g/mol. The van der Waals surface area contributed by atoms with E-state index in [0.29, 0.717) is 22.7 Å². The van der Waals surface area contributed by atoms with Crippen LogP contribution >= 0.6 is 0 Å². The Labute approximate surface area is 109 Å². The summed E-state index contributed by atoms with van der Waals surface area (Å²) in [5.74, 6) is 1.24. The molecule has 2 aromatic carbocycles. The Morgan fingerprint density at radius 3 is 2.58 bits per heavy atom. The van der Waals surface area contributed by atoms with Gasteiger partial charge in [0, 0.05) is 17.5 Å². The van der Waals surface area contributed by atoms with E-state index < -0.39 is 0 Å². The van der Waals surface area contributed by atoms with Crippen LogP contribution in [-0.4, -0.2) is 17.3 Å². The highest BCUT2D eigenvalue weighted by Gasteiger charge is 2.11. The van der Waals surface area contributed by atoms with Crippen LogP contribution in [0, 0.1) is 0 Å². The van der Waals surface area contributed by atoms with E-state index in [2.05, 4.69) is 0 Å². The molecule has 96 valence electrons. The molecular weight excluding hydrogens is 244 g/mol. The fourth-order valence-electron chi connectivity index (χ4n) is 2.00. The first-order valence-corrected chi connectivity index (χ1v) is 5.77. The molecule has 4 nitrogen and oxygen atoms in total. The first-order valence-electron chi connectivity index (χ1n) is 5.77. The average Bonchev–Trinajstić information content (AvgIpc) is 2.80. The highest BCUT2D eigenvalue weighted by atomic mass is 16.5. The molecular formula is C15H12O4. The van der Waals surface area contributed by atoms with Crippen LogP contribution in [0.15, 0.2) is 46.9 Å². The zero-order chi connectivity index (χ0) is 13.4. The number of fused-ring (bicyclic) bond motifs is 1. The Balaban J connectivity index is 2.14. The SMILES string of the molecule is COc1ccc2cc(-c3ccc(O)cc3O)oc2c1. The maximum atomic E-state index is 9.83. The van der Waals surface area contributed by atoms with E-state index in [9.17, 15) is 10.2 Å². The lowest BCUT2D eigenvalue weighted by molar-refractivity contribution is 0.414. The molecule has 2 N–H and O–H groups in total. The van der Waals surface area contributed by atoms with Gasteiger partial charge in [-0.05, 0) is 30.3 Å². The van der Waals surface area contributed by atoms with E-state index in [-0.39, 0.29) is 11.5 Å². The van der Waals surface area contributed by atoms with Crippen molar-refractivity contribution in [2.24, 2.45) is 0 Å². The summed E-state index contributed by atoms with van der Waals surface area (Å²) in [6.45, 7) is 0. The molecule has 0 radical (unpaired) electrons. The number of furan rings is 1. The molecule has 3 aromatic rings. The van der Waals surface area contributed by atoms with E-state index in [1.165, 1.54) is 12.1 Å². The molecule has 0 fully saturated rings. The highest BCUT2D eigenvalue weighted by molar-refractivity contribution is 5.85. The van der Waals surface area contributed by atoms with Crippen LogP contribution in [0.4, 0.5) is 0 Å². The molecule has 0 unspecified atom stereocenters. The summed E-state index contributed by atoms with van der Waals surface area (Å²) < 4.78 is 10.8. The van der Waals surface area contributed by atoms with Crippen molar-refractivity contribution in [3.05, 3.63) is 42.5 Å². The molecule has 0 aliphatic carbocycles. The van der Waals surface area contributed by atoms with Gasteiger partial charge < -0.3 is 19.4 Å². The summed E-state index contributed by atoms with van der Waals surface area (Å²) in [7, 11) is 1.59. The van der Waals surface area contributed by atoms with Crippen LogP contribution < -0.4 is 4.74 Å². The third-order valence-electron chi connectivity index (χ3n) is 2.97. The molecule has 0 saturated carbocycles. The van der Waals surface area contributed by atoms with E-state index in [0.717, 1.165) is 5.39 Å². The summed E-state index contributed by atoms with van der Waals surface area (Å²) in [5.41, 5.74) is 1.22. The number of ether oxygens (including phenoxy) is 1. The van der Waals surface area contributed by atoms with Gasteiger partial charge in [0.25, 0.3) is 0 Å². The molecule has 0 bridgehead atoms. The van der Waals surface area contributed by atoms with Crippen LogP contribution in [0.3, 0.4) is 0 Å². The maximum Gasteiger partial charge on any atom is 0.139 e. The molecule has 0 amide bonds. The van der Waals surface area contributed by atoms with Gasteiger partial charge >= 0.3 is 0 Å². The Morgan fingerprint density at radius 1 is 1.00 bits per heavy atom. The molecule has 0 saturated heterocycles. The van der Waals surface area contributed by atoms with Crippen molar-refractivity contribution < 1.29 is 19.4 Å². The number of phenols is 2. The second-order valence-corrected chi connectivity index (χ2v) is 4.22. The minimum absolute atomic E-state index is 0.0130. The maximum absolute atomic E-state index is 9.83. The van der Waals surface area contributed by atoms with E-state index >= 15 is 0 Å². The second-order valence-electron chi connectivity index (χ2n) is 4.22. The van der Waals surface area contributed by atoms with Gasteiger partial charge in [-0.1, -0.05) is 0 Å².